The van der Waals surface area contributed by atoms with Crippen LogP contribution in [0.5, 0.6) is 0 Å². The van der Waals surface area contributed by atoms with Crippen molar-refractivity contribution < 1.29 is 0 Å². The van der Waals surface area contributed by atoms with E-state index in [2.05, 4.69) is 59.1 Å². The van der Waals surface area contributed by atoms with E-state index in [9.17, 15) is 0 Å². The number of nitrogens with zero attached hydrogens (tertiary/aromatic N) is 1. The van der Waals surface area contributed by atoms with Gasteiger partial charge in [-0.05, 0) is 24.5 Å². The van der Waals surface area contributed by atoms with Crippen molar-refractivity contribution in [2.45, 2.75) is 26.3 Å². The third-order valence-corrected chi connectivity index (χ3v) is 3.32. The third-order valence-electron chi connectivity index (χ3n) is 3.32. The molecule has 5 heteroatoms. The molecular weight excluding hydrogens is 363 g/mol. The van der Waals surface area contributed by atoms with Crippen LogP contribution in [0.4, 0.5) is 5.69 Å². The van der Waals surface area contributed by atoms with E-state index in [0.29, 0.717) is 12.0 Å². The molecule has 1 aromatic rings. The van der Waals surface area contributed by atoms with Crippen LogP contribution in [0.3, 0.4) is 0 Å². The van der Waals surface area contributed by atoms with E-state index < -0.39 is 0 Å². The molecule has 0 aliphatic carbocycles. The molecule has 1 aromatic carbocycles. The van der Waals surface area contributed by atoms with Gasteiger partial charge in [-0.15, -0.1) is 24.0 Å². The van der Waals surface area contributed by atoms with Crippen molar-refractivity contribution in [1.82, 2.24) is 10.6 Å². The summed E-state index contributed by atoms with van der Waals surface area (Å²) >= 11 is 0. The Bertz CT molecular complexity index is 406. The van der Waals surface area contributed by atoms with Crippen molar-refractivity contribution in [3.63, 3.8) is 0 Å². The average Bonchev–Trinajstić information content (AvgIpc) is 2.45. The standard InChI is InChI=1S/C15H24N4.HI/c1-12(2)14(19-13-7-4-3-5-8-13)11-18-15-16-9-6-10-17-15;/h3-5,7-8,12,14,19H,6,9-11H2,1-2H3,(H2,16,17,18);1H. The molecule has 0 spiro atoms. The molecule has 0 fully saturated rings. The molecule has 0 aromatic heterocycles. The van der Waals surface area contributed by atoms with Crippen LogP contribution in [-0.2, 0) is 0 Å². The first-order chi connectivity index (χ1) is 9.25. The van der Waals surface area contributed by atoms with Crippen LogP contribution in [0.1, 0.15) is 20.3 Å². The highest BCUT2D eigenvalue weighted by molar-refractivity contribution is 14.0. The summed E-state index contributed by atoms with van der Waals surface area (Å²) in [5.41, 5.74) is 1.17. The number of guanidine groups is 1. The monoisotopic (exact) mass is 388 g/mol. The number of rotatable bonds is 5. The first kappa shape index (κ1) is 17.1. The predicted octanol–water partition coefficient (Wildman–Crippen LogP) is 2.68. The van der Waals surface area contributed by atoms with Gasteiger partial charge in [0.05, 0.1) is 0 Å². The Balaban J connectivity index is 0.00000200. The van der Waals surface area contributed by atoms with Crippen molar-refractivity contribution in [3.8, 4) is 0 Å². The van der Waals surface area contributed by atoms with Gasteiger partial charge >= 0.3 is 0 Å². The van der Waals surface area contributed by atoms with Gasteiger partial charge in [0.1, 0.15) is 0 Å². The first-order valence-electron chi connectivity index (χ1n) is 7.09. The van der Waals surface area contributed by atoms with Crippen LogP contribution >= 0.6 is 24.0 Å². The van der Waals surface area contributed by atoms with E-state index >= 15 is 0 Å². The maximum Gasteiger partial charge on any atom is 0.191 e. The molecule has 2 rings (SSSR count). The minimum absolute atomic E-state index is 0. The van der Waals surface area contributed by atoms with Crippen molar-refractivity contribution in [1.29, 1.82) is 0 Å². The highest BCUT2D eigenvalue weighted by Crippen LogP contribution is 2.11. The molecule has 0 bridgehead atoms. The zero-order chi connectivity index (χ0) is 13.5. The summed E-state index contributed by atoms with van der Waals surface area (Å²) in [6.07, 6.45) is 1.13. The van der Waals surface area contributed by atoms with Crippen LogP contribution in [-0.4, -0.2) is 31.6 Å². The lowest BCUT2D eigenvalue weighted by Gasteiger charge is -2.25. The smallest absolute Gasteiger partial charge is 0.191 e. The number of anilines is 1. The van der Waals surface area contributed by atoms with E-state index in [1.54, 1.807) is 0 Å². The minimum Gasteiger partial charge on any atom is -0.380 e. The fourth-order valence-electron chi connectivity index (χ4n) is 2.06. The Labute approximate surface area is 138 Å². The van der Waals surface area contributed by atoms with Crippen LogP contribution in [0, 0.1) is 5.92 Å². The molecule has 1 atom stereocenters. The fraction of sp³-hybridized carbons (Fsp3) is 0.533. The van der Waals surface area contributed by atoms with Gasteiger partial charge in [-0.1, -0.05) is 32.0 Å². The van der Waals surface area contributed by atoms with Crippen LogP contribution < -0.4 is 16.0 Å². The normalized spacial score (nSPS) is 15.7. The molecule has 3 N–H and O–H groups in total. The van der Waals surface area contributed by atoms with Gasteiger partial charge in [-0.25, -0.2) is 0 Å². The van der Waals surface area contributed by atoms with E-state index in [1.807, 2.05) is 6.07 Å². The lowest BCUT2D eigenvalue weighted by Crippen LogP contribution is -2.46. The van der Waals surface area contributed by atoms with Crippen LogP contribution in [0.2, 0.25) is 0 Å². The number of para-hydroxylation sites is 1. The summed E-state index contributed by atoms with van der Waals surface area (Å²) in [5.74, 6) is 1.49. The first-order valence-corrected chi connectivity index (χ1v) is 7.09. The lowest BCUT2D eigenvalue weighted by atomic mass is 10.0. The number of nitrogens with one attached hydrogen (secondary N) is 3. The molecule has 1 aliphatic heterocycles. The SMILES string of the molecule is CC(C)C(CNC1=NCCCN1)Nc1ccccc1.I. The molecule has 1 heterocycles. The fourth-order valence-corrected chi connectivity index (χ4v) is 2.06. The molecule has 1 aliphatic rings. The summed E-state index contributed by atoms with van der Waals surface area (Å²) in [7, 11) is 0. The summed E-state index contributed by atoms with van der Waals surface area (Å²) in [6, 6.07) is 10.7. The largest absolute Gasteiger partial charge is 0.380 e. The molecule has 112 valence electrons. The van der Waals surface area contributed by atoms with Crippen molar-refractivity contribution >= 4 is 35.6 Å². The van der Waals surface area contributed by atoms with Gasteiger partial charge in [0, 0.05) is 31.4 Å². The highest BCUT2D eigenvalue weighted by Gasteiger charge is 2.14. The van der Waals surface area contributed by atoms with E-state index in [1.165, 1.54) is 5.69 Å². The van der Waals surface area contributed by atoms with Crippen LogP contribution in [0.15, 0.2) is 35.3 Å². The Morgan fingerprint density at radius 1 is 1.25 bits per heavy atom. The van der Waals surface area contributed by atoms with Gasteiger partial charge < -0.3 is 16.0 Å². The van der Waals surface area contributed by atoms with Gasteiger partial charge in [-0.3, -0.25) is 4.99 Å². The number of halogens is 1. The summed E-state index contributed by atoms with van der Waals surface area (Å²) in [4.78, 5) is 4.43. The number of aliphatic imine (C=N–C) groups is 1. The predicted molar refractivity (Wildman–Crippen MR) is 97.0 cm³/mol. The third kappa shape index (κ3) is 5.56. The second-order valence-corrected chi connectivity index (χ2v) is 5.25. The van der Waals surface area contributed by atoms with E-state index in [0.717, 1.165) is 32.0 Å². The second-order valence-electron chi connectivity index (χ2n) is 5.25. The topological polar surface area (TPSA) is 48.5 Å². The Morgan fingerprint density at radius 2 is 2.00 bits per heavy atom. The molecule has 20 heavy (non-hydrogen) atoms. The Hall–Kier alpha value is -0.980. The zero-order valence-corrected chi connectivity index (χ0v) is 14.6. The van der Waals surface area contributed by atoms with Gasteiger partial charge in [-0.2, -0.15) is 0 Å². The molecule has 0 radical (unpaired) electrons. The Morgan fingerprint density at radius 3 is 2.60 bits per heavy atom. The highest BCUT2D eigenvalue weighted by atomic mass is 127. The lowest BCUT2D eigenvalue weighted by molar-refractivity contribution is 0.510. The quantitative estimate of drug-likeness (QED) is 0.680. The summed E-state index contributed by atoms with van der Waals surface area (Å²) in [6.45, 7) is 7.28. The Kier molecular flexibility index (Phi) is 7.72. The molecule has 0 amide bonds. The van der Waals surface area contributed by atoms with Crippen LogP contribution in [0.25, 0.3) is 0 Å². The molecule has 4 nitrogen and oxygen atoms in total. The summed E-state index contributed by atoms with van der Waals surface area (Å²) < 4.78 is 0. The van der Waals surface area contributed by atoms with Crippen molar-refractivity contribution in [3.05, 3.63) is 30.3 Å². The molecule has 0 saturated carbocycles. The molecule has 0 saturated heterocycles. The average molecular weight is 388 g/mol. The van der Waals surface area contributed by atoms with Gasteiger partial charge in [0.15, 0.2) is 5.96 Å². The molecular formula is C15H25IN4. The zero-order valence-electron chi connectivity index (χ0n) is 12.2. The van der Waals surface area contributed by atoms with Crippen molar-refractivity contribution in [2.75, 3.05) is 25.0 Å². The maximum atomic E-state index is 4.43. The van der Waals surface area contributed by atoms with Gasteiger partial charge in [0.2, 0.25) is 0 Å². The summed E-state index contributed by atoms with van der Waals surface area (Å²) in [5, 5.41) is 10.3. The van der Waals surface area contributed by atoms with Gasteiger partial charge in [0.25, 0.3) is 0 Å². The second kappa shape index (κ2) is 9.05. The number of hydrogen-bond donors (Lipinski definition) is 3. The maximum absolute atomic E-state index is 4.43. The van der Waals surface area contributed by atoms with E-state index in [4.69, 9.17) is 0 Å². The minimum atomic E-state index is 0. The number of hydrogen-bond acceptors (Lipinski definition) is 4. The van der Waals surface area contributed by atoms with E-state index in [-0.39, 0.29) is 24.0 Å². The number of benzene rings is 1. The molecule has 1 unspecified atom stereocenters. The van der Waals surface area contributed by atoms with Crippen molar-refractivity contribution in [2.24, 2.45) is 10.9 Å².